The molecule has 2 rings (SSSR count). The predicted octanol–water partition coefficient (Wildman–Crippen LogP) is 2.46. The molecule has 0 fully saturated rings. The molecular weight excluding hydrogens is 266 g/mol. The highest BCUT2D eigenvalue weighted by Gasteiger charge is 2.10. The van der Waals surface area contributed by atoms with Crippen LogP contribution in [0, 0.1) is 12.8 Å². The summed E-state index contributed by atoms with van der Waals surface area (Å²) in [5, 5.41) is 0. The van der Waals surface area contributed by atoms with Crippen LogP contribution in [0.1, 0.15) is 25.0 Å². The predicted molar refractivity (Wildman–Crippen MR) is 82.5 cm³/mol. The Morgan fingerprint density at radius 1 is 1.38 bits per heavy atom. The van der Waals surface area contributed by atoms with Crippen LogP contribution in [0.2, 0.25) is 0 Å². The molecule has 0 unspecified atom stereocenters. The Kier molecular flexibility index (Phi) is 4.75. The van der Waals surface area contributed by atoms with E-state index in [0.717, 1.165) is 11.1 Å². The molecule has 112 valence electrons. The third kappa shape index (κ3) is 3.70. The van der Waals surface area contributed by atoms with Gasteiger partial charge in [-0.1, -0.05) is 26.0 Å². The molecule has 0 aliphatic heterocycles. The SMILES string of the molecule is Cc1ccc(CN)cc1Oc1nccn(CC(C)C)c1=O. The van der Waals surface area contributed by atoms with E-state index in [4.69, 9.17) is 10.5 Å². The average molecular weight is 287 g/mol. The van der Waals surface area contributed by atoms with Crippen molar-refractivity contribution in [1.82, 2.24) is 9.55 Å². The van der Waals surface area contributed by atoms with Gasteiger partial charge in [0.25, 0.3) is 5.88 Å². The Balaban J connectivity index is 2.34. The molecule has 0 aliphatic carbocycles. The van der Waals surface area contributed by atoms with E-state index >= 15 is 0 Å². The summed E-state index contributed by atoms with van der Waals surface area (Å²) in [5.74, 6) is 1.08. The first kappa shape index (κ1) is 15.3. The highest BCUT2D eigenvalue weighted by molar-refractivity contribution is 5.38. The van der Waals surface area contributed by atoms with Gasteiger partial charge in [-0.15, -0.1) is 0 Å². The molecule has 5 nitrogen and oxygen atoms in total. The van der Waals surface area contributed by atoms with Gasteiger partial charge in [-0.25, -0.2) is 4.98 Å². The summed E-state index contributed by atoms with van der Waals surface area (Å²) >= 11 is 0. The second-order valence-electron chi connectivity index (χ2n) is 5.49. The van der Waals surface area contributed by atoms with Gasteiger partial charge in [-0.05, 0) is 30.0 Å². The molecule has 1 aromatic heterocycles. The molecule has 2 aromatic rings. The first-order valence-corrected chi connectivity index (χ1v) is 7.04. The fraction of sp³-hybridized carbons (Fsp3) is 0.375. The second kappa shape index (κ2) is 6.54. The van der Waals surface area contributed by atoms with Crippen molar-refractivity contribution < 1.29 is 4.74 Å². The van der Waals surface area contributed by atoms with Gasteiger partial charge in [0.1, 0.15) is 5.75 Å². The van der Waals surface area contributed by atoms with Crippen LogP contribution in [0.3, 0.4) is 0 Å². The lowest BCUT2D eigenvalue weighted by Crippen LogP contribution is -2.23. The van der Waals surface area contributed by atoms with Gasteiger partial charge in [0, 0.05) is 25.5 Å². The summed E-state index contributed by atoms with van der Waals surface area (Å²) in [4.78, 5) is 16.4. The summed E-state index contributed by atoms with van der Waals surface area (Å²) in [6.45, 7) is 7.10. The third-order valence-electron chi connectivity index (χ3n) is 3.14. The Bertz CT molecular complexity index is 677. The smallest absolute Gasteiger partial charge is 0.313 e. The van der Waals surface area contributed by atoms with Crippen molar-refractivity contribution in [2.24, 2.45) is 11.7 Å². The summed E-state index contributed by atoms with van der Waals surface area (Å²) in [6.07, 6.45) is 3.26. The minimum absolute atomic E-state index is 0.0930. The molecule has 2 N–H and O–H groups in total. The summed E-state index contributed by atoms with van der Waals surface area (Å²) < 4.78 is 7.32. The monoisotopic (exact) mass is 287 g/mol. The summed E-state index contributed by atoms with van der Waals surface area (Å²) in [5.41, 5.74) is 7.31. The standard InChI is InChI=1S/C16H21N3O2/c1-11(2)10-19-7-6-18-15(16(19)20)21-14-8-13(9-17)5-4-12(14)3/h4-8,11H,9-10,17H2,1-3H3. The molecule has 0 saturated carbocycles. The van der Waals surface area contributed by atoms with E-state index in [1.807, 2.05) is 25.1 Å². The Hall–Kier alpha value is -2.14. The van der Waals surface area contributed by atoms with Crippen LogP contribution in [0.4, 0.5) is 0 Å². The van der Waals surface area contributed by atoms with Crippen LogP contribution in [0.15, 0.2) is 35.4 Å². The number of aromatic nitrogens is 2. The molecule has 0 amide bonds. The zero-order valence-electron chi connectivity index (χ0n) is 12.7. The van der Waals surface area contributed by atoms with Crippen molar-refractivity contribution in [2.75, 3.05) is 0 Å². The number of hydrogen-bond donors (Lipinski definition) is 1. The minimum Gasteiger partial charge on any atom is -0.434 e. The van der Waals surface area contributed by atoms with Gasteiger partial charge in [0.05, 0.1) is 0 Å². The number of ether oxygens (including phenoxy) is 1. The van der Waals surface area contributed by atoms with Crippen molar-refractivity contribution in [3.63, 3.8) is 0 Å². The highest BCUT2D eigenvalue weighted by Crippen LogP contribution is 2.23. The number of nitrogens with two attached hydrogens (primary N) is 1. The summed E-state index contributed by atoms with van der Waals surface area (Å²) in [7, 11) is 0. The number of aryl methyl sites for hydroxylation is 1. The maximum absolute atomic E-state index is 12.3. The molecule has 1 aromatic carbocycles. The normalized spacial score (nSPS) is 10.9. The zero-order valence-corrected chi connectivity index (χ0v) is 12.7. The maximum Gasteiger partial charge on any atom is 0.313 e. The van der Waals surface area contributed by atoms with E-state index < -0.39 is 0 Å². The van der Waals surface area contributed by atoms with Crippen LogP contribution in [-0.2, 0) is 13.1 Å². The molecule has 0 atom stereocenters. The van der Waals surface area contributed by atoms with Crippen molar-refractivity contribution in [3.05, 3.63) is 52.1 Å². The van der Waals surface area contributed by atoms with Gasteiger partial charge in [0.15, 0.2) is 0 Å². The zero-order chi connectivity index (χ0) is 15.4. The van der Waals surface area contributed by atoms with Crippen molar-refractivity contribution in [3.8, 4) is 11.6 Å². The molecule has 5 heteroatoms. The molecule has 0 aliphatic rings. The lowest BCUT2D eigenvalue weighted by Gasteiger charge is -2.12. The molecule has 0 spiro atoms. The Labute approximate surface area is 124 Å². The molecule has 0 radical (unpaired) electrons. The van der Waals surface area contributed by atoms with E-state index in [2.05, 4.69) is 18.8 Å². The fourth-order valence-electron chi connectivity index (χ4n) is 2.02. The average Bonchev–Trinajstić information content (AvgIpc) is 2.45. The number of nitrogens with zero attached hydrogens (tertiary/aromatic N) is 2. The quantitative estimate of drug-likeness (QED) is 0.917. The third-order valence-corrected chi connectivity index (χ3v) is 3.14. The Morgan fingerprint density at radius 3 is 2.81 bits per heavy atom. The summed E-state index contributed by atoms with van der Waals surface area (Å²) in [6, 6.07) is 5.71. The van der Waals surface area contributed by atoms with E-state index in [1.165, 1.54) is 0 Å². The van der Waals surface area contributed by atoms with Gasteiger partial charge in [-0.3, -0.25) is 4.79 Å². The molecular formula is C16H21N3O2. The van der Waals surface area contributed by atoms with E-state index in [0.29, 0.717) is 24.8 Å². The highest BCUT2D eigenvalue weighted by atomic mass is 16.5. The fourth-order valence-corrected chi connectivity index (χ4v) is 2.02. The Morgan fingerprint density at radius 2 is 2.14 bits per heavy atom. The largest absolute Gasteiger partial charge is 0.434 e. The lowest BCUT2D eigenvalue weighted by molar-refractivity contribution is 0.429. The van der Waals surface area contributed by atoms with Crippen molar-refractivity contribution >= 4 is 0 Å². The first-order chi connectivity index (χ1) is 10.0. The molecule has 21 heavy (non-hydrogen) atoms. The number of benzene rings is 1. The van der Waals surface area contributed by atoms with Gasteiger partial charge in [-0.2, -0.15) is 0 Å². The van der Waals surface area contributed by atoms with Crippen molar-refractivity contribution in [1.29, 1.82) is 0 Å². The van der Waals surface area contributed by atoms with E-state index in [-0.39, 0.29) is 11.4 Å². The second-order valence-corrected chi connectivity index (χ2v) is 5.49. The first-order valence-electron chi connectivity index (χ1n) is 7.04. The minimum atomic E-state index is -0.219. The van der Waals surface area contributed by atoms with Crippen LogP contribution in [0.5, 0.6) is 11.6 Å². The van der Waals surface area contributed by atoms with E-state index in [1.54, 1.807) is 17.0 Å². The van der Waals surface area contributed by atoms with Crippen LogP contribution in [0.25, 0.3) is 0 Å². The maximum atomic E-state index is 12.3. The van der Waals surface area contributed by atoms with Gasteiger partial charge in [0.2, 0.25) is 0 Å². The van der Waals surface area contributed by atoms with Crippen molar-refractivity contribution in [2.45, 2.75) is 33.9 Å². The number of rotatable bonds is 5. The van der Waals surface area contributed by atoms with Gasteiger partial charge < -0.3 is 15.0 Å². The van der Waals surface area contributed by atoms with Crippen LogP contribution >= 0.6 is 0 Å². The topological polar surface area (TPSA) is 70.1 Å². The van der Waals surface area contributed by atoms with Gasteiger partial charge >= 0.3 is 5.56 Å². The van der Waals surface area contributed by atoms with Crippen LogP contribution in [-0.4, -0.2) is 9.55 Å². The van der Waals surface area contributed by atoms with Crippen LogP contribution < -0.4 is 16.0 Å². The lowest BCUT2D eigenvalue weighted by atomic mass is 10.1. The molecule has 0 bridgehead atoms. The molecule has 1 heterocycles. The van der Waals surface area contributed by atoms with E-state index in [9.17, 15) is 4.79 Å². The molecule has 0 saturated heterocycles. The number of hydrogen-bond acceptors (Lipinski definition) is 4.